The number of benzene rings is 2. The van der Waals surface area contributed by atoms with Crippen molar-refractivity contribution < 1.29 is 14.2 Å². The van der Waals surface area contributed by atoms with E-state index < -0.39 is 0 Å². The standard InChI is InChI=1S/C21H25NO3/c1-13-9-16-15(11-20(13)24-3)7-8-22-12-17-14(10-18(16)22)5-6-19(23-2)21(17)25-4/h5-6,9,11,18H,7-8,10,12H2,1-4H3/t18-/m0/s1. The van der Waals surface area contributed by atoms with E-state index >= 15 is 0 Å². The molecular formula is C21H25NO3. The second kappa shape index (κ2) is 6.26. The Labute approximate surface area is 149 Å². The molecule has 0 saturated heterocycles. The summed E-state index contributed by atoms with van der Waals surface area (Å²) in [5.41, 5.74) is 6.71. The maximum Gasteiger partial charge on any atom is 0.165 e. The maximum absolute atomic E-state index is 5.67. The summed E-state index contributed by atoms with van der Waals surface area (Å²) in [6.45, 7) is 4.09. The highest BCUT2D eigenvalue weighted by Crippen LogP contribution is 2.44. The van der Waals surface area contributed by atoms with Crippen molar-refractivity contribution in [2.75, 3.05) is 27.9 Å². The molecule has 2 heterocycles. The molecule has 2 aliphatic rings. The molecular weight excluding hydrogens is 314 g/mol. The van der Waals surface area contributed by atoms with Crippen molar-refractivity contribution in [2.24, 2.45) is 0 Å². The van der Waals surface area contributed by atoms with Gasteiger partial charge >= 0.3 is 0 Å². The minimum absolute atomic E-state index is 0.430. The molecule has 4 nitrogen and oxygen atoms in total. The topological polar surface area (TPSA) is 30.9 Å². The highest BCUT2D eigenvalue weighted by Gasteiger charge is 2.34. The molecule has 2 aliphatic heterocycles. The normalized spacial score (nSPS) is 18.8. The summed E-state index contributed by atoms with van der Waals surface area (Å²) < 4.78 is 16.7. The Kier molecular flexibility index (Phi) is 4.08. The minimum Gasteiger partial charge on any atom is -0.496 e. The fourth-order valence-electron chi connectivity index (χ4n) is 4.35. The zero-order valence-electron chi connectivity index (χ0n) is 15.4. The Morgan fingerprint density at radius 3 is 2.48 bits per heavy atom. The van der Waals surface area contributed by atoms with E-state index in [2.05, 4.69) is 30.0 Å². The molecule has 4 heteroatoms. The molecule has 0 saturated carbocycles. The molecule has 0 aromatic heterocycles. The van der Waals surface area contributed by atoms with Gasteiger partial charge in [0.1, 0.15) is 5.75 Å². The van der Waals surface area contributed by atoms with Gasteiger partial charge in [0.15, 0.2) is 11.5 Å². The lowest BCUT2D eigenvalue weighted by Crippen LogP contribution is -2.39. The van der Waals surface area contributed by atoms with Crippen LogP contribution in [0.3, 0.4) is 0 Å². The fourth-order valence-corrected chi connectivity index (χ4v) is 4.35. The number of methoxy groups -OCH3 is 3. The molecule has 0 radical (unpaired) electrons. The lowest BCUT2D eigenvalue weighted by Gasteiger charge is -2.42. The van der Waals surface area contributed by atoms with Crippen LogP contribution < -0.4 is 14.2 Å². The molecule has 0 N–H and O–H groups in total. The number of ether oxygens (including phenoxy) is 3. The Balaban J connectivity index is 1.76. The van der Waals surface area contributed by atoms with Crippen LogP contribution in [0.2, 0.25) is 0 Å². The number of aryl methyl sites for hydroxylation is 1. The van der Waals surface area contributed by atoms with E-state index in [4.69, 9.17) is 14.2 Å². The third-order valence-corrected chi connectivity index (χ3v) is 5.64. The molecule has 0 spiro atoms. The first-order chi connectivity index (χ1) is 12.2. The molecule has 25 heavy (non-hydrogen) atoms. The van der Waals surface area contributed by atoms with E-state index in [-0.39, 0.29) is 0 Å². The van der Waals surface area contributed by atoms with E-state index in [1.165, 1.54) is 27.8 Å². The highest BCUT2D eigenvalue weighted by molar-refractivity contribution is 5.53. The van der Waals surface area contributed by atoms with Crippen molar-refractivity contribution in [3.05, 3.63) is 52.1 Å². The van der Waals surface area contributed by atoms with Gasteiger partial charge in [0.2, 0.25) is 0 Å². The molecule has 0 fully saturated rings. The van der Waals surface area contributed by atoms with Gasteiger partial charge in [-0.15, -0.1) is 0 Å². The van der Waals surface area contributed by atoms with Gasteiger partial charge in [-0.1, -0.05) is 12.1 Å². The summed E-state index contributed by atoms with van der Waals surface area (Å²) >= 11 is 0. The van der Waals surface area contributed by atoms with Gasteiger partial charge in [-0.05, 0) is 54.2 Å². The summed E-state index contributed by atoms with van der Waals surface area (Å²) in [5, 5.41) is 0. The summed E-state index contributed by atoms with van der Waals surface area (Å²) in [4.78, 5) is 2.57. The highest BCUT2D eigenvalue weighted by atomic mass is 16.5. The monoisotopic (exact) mass is 339 g/mol. The maximum atomic E-state index is 5.67. The smallest absolute Gasteiger partial charge is 0.165 e. The Hall–Kier alpha value is -2.20. The molecule has 0 unspecified atom stereocenters. The average molecular weight is 339 g/mol. The molecule has 4 rings (SSSR count). The van der Waals surface area contributed by atoms with Crippen LogP contribution in [0.25, 0.3) is 0 Å². The van der Waals surface area contributed by atoms with Crippen molar-refractivity contribution in [3.63, 3.8) is 0 Å². The van der Waals surface area contributed by atoms with Gasteiger partial charge in [-0.2, -0.15) is 0 Å². The minimum atomic E-state index is 0.430. The number of rotatable bonds is 3. The van der Waals surface area contributed by atoms with Gasteiger partial charge in [-0.3, -0.25) is 4.90 Å². The first kappa shape index (κ1) is 16.3. The summed E-state index contributed by atoms with van der Waals surface area (Å²) in [6.07, 6.45) is 2.07. The lowest BCUT2D eigenvalue weighted by molar-refractivity contribution is 0.157. The quantitative estimate of drug-likeness (QED) is 0.854. The van der Waals surface area contributed by atoms with E-state index in [0.29, 0.717) is 6.04 Å². The largest absolute Gasteiger partial charge is 0.496 e. The van der Waals surface area contributed by atoms with Crippen LogP contribution in [0.1, 0.15) is 33.9 Å². The SMILES string of the molecule is COc1cc2c(cc1C)[C@@H]1Cc3ccc(OC)c(OC)c3CN1CC2. The Bertz CT molecular complexity index is 815. The fraction of sp³-hybridized carbons (Fsp3) is 0.429. The van der Waals surface area contributed by atoms with Crippen LogP contribution in [0.15, 0.2) is 24.3 Å². The molecule has 0 aliphatic carbocycles. The molecule has 132 valence electrons. The zero-order valence-corrected chi connectivity index (χ0v) is 15.4. The van der Waals surface area contributed by atoms with Crippen LogP contribution in [-0.4, -0.2) is 32.8 Å². The van der Waals surface area contributed by atoms with Gasteiger partial charge in [0.25, 0.3) is 0 Å². The molecule has 0 bridgehead atoms. The molecule has 0 amide bonds. The van der Waals surface area contributed by atoms with Crippen molar-refractivity contribution in [1.29, 1.82) is 0 Å². The second-order valence-electron chi connectivity index (χ2n) is 6.90. The van der Waals surface area contributed by atoms with Gasteiger partial charge in [0, 0.05) is 24.7 Å². The summed E-state index contributed by atoms with van der Waals surface area (Å²) in [7, 11) is 5.18. The molecule has 2 aromatic carbocycles. The first-order valence-electron chi connectivity index (χ1n) is 8.80. The van der Waals surface area contributed by atoms with Crippen molar-refractivity contribution in [3.8, 4) is 17.2 Å². The van der Waals surface area contributed by atoms with E-state index in [1.807, 2.05) is 6.07 Å². The zero-order chi connectivity index (χ0) is 17.6. The van der Waals surface area contributed by atoms with Gasteiger partial charge < -0.3 is 14.2 Å². The van der Waals surface area contributed by atoms with Crippen LogP contribution in [-0.2, 0) is 19.4 Å². The van der Waals surface area contributed by atoms with Crippen LogP contribution in [0.4, 0.5) is 0 Å². The predicted octanol–water partition coefficient (Wildman–Crippen LogP) is 3.68. The number of hydrogen-bond acceptors (Lipinski definition) is 4. The van der Waals surface area contributed by atoms with Crippen molar-refractivity contribution in [1.82, 2.24) is 4.90 Å². The third kappa shape index (κ3) is 2.56. The van der Waals surface area contributed by atoms with Crippen LogP contribution >= 0.6 is 0 Å². The van der Waals surface area contributed by atoms with Gasteiger partial charge in [-0.25, -0.2) is 0 Å². The average Bonchev–Trinajstić information content (AvgIpc) is 2.65. The molecule has 1 atom stereocenters. The second-order valence-corrected chi connectivity index (χ2v) is 6.90. The Morgan fingerprint density at radius 2 is 1.76 bits per heavy atom. The first-order valence-corrected chi connectivity index (χ1v) is 8.80. The van der Waals surface area contributed by atoms with Crippen molar-refractivity contribution in [2.45, 2.75) is 32.4 Å². The van der Waals surface area contributed by atoms with Crippen molar-refractivity contribution >= 4 is 0 Å². The summed E-state index contributed by atoms with van der Waals surface area (Å²) in [6, 6.07) is 9.19. The lowest BCUT2D eigenvalue weighted by atomic mass is 9.83. The predicted molar refractivity (Wildman–Crippen MR) is 97.8 cm³/mol. The Morgan fingerprint density at radius 1 is 0.960 bits per heavy atom. The third-order valence-electron chi connectivity index (χ3n) is 5.64. The number of nitrogens with zero attached hydrogens (tertiary/aromatic N) is 1. The van der Waals surface area contributed by atoms with Crippen LogP contribution in [0.5, 0.6) is 17.2 Å². The van der Waals surface area contributed by atoms with E-state index in [9.17, 15) is 0 Å². The van der Waals surface area contributed by atoms with Crippen LogP contribution in [0, 0.1) is 6.92 Å². The van der Waals surface area contributed by atoms with E-state index in [1.54, 1.807) is 21.3 Å². The van der Waals surface area contributed by atoms with E-state index in [0.717, 1.165) is 43.2 Å². The number of fused-ring (bicyclic) bond motifs is 4. The number of hydrogen-bond donors (Lipinski definition) is 0. The summed E-state index contributed by atoms with van der Waals surface area (Å²) in [5.74, 6) is 2.70. The molecule has 2 aromatic rings. The van der Waals surface area contributed by atoms with Gasteiger partial charge in [0.05, 0.1) is 21.3 Å².